The van der Waals surface area contributed by atoms with Gasteiger partial charge in [0.25, 0.3) is 0 Å². The summed E-state index contributed by atoms with van der Waals surface area (Å²) in [6.45, 7) is 0.680. The van der Waals surface area contributed by atoms with Gasteiger partial charge in [-0.15, -0.1) is 0 Å². The molecule has 0 radical (unpaired) electrons. The normalized spacial score (nSPS) is 28.6. The summed E-state index contributed by atoms with van der Waals surface area (Å²) in [5.74, 6) is -0.631. The molecular formula is C16H17NO3. The summed E-state index contributed by atoms with van der Waals surface area (Å²) in [6.07, 6.45) is 4.18. The van der Waals surface area contributed by atoms with E-state index in [0.29, 0.717) is 13.0 Å². The first kappa shape index (κ1) is 13.1. The van der Waals surface area contributed by atoms with E-state index in [0.717, 1.165) is 5.56 Å². The Morgan fingerprint density at radius 3 is 2.80 bits per heavy atom. The minimum absolute atomic E-state index is 0.00470. The predicted octanol–water partition coefficient (Wildman–Crippen LogP) is 1.56. The molecule has 0 unspecified atom stereocenters. The van der Waals surface area contributed by atoms with Crippen LogP contribution in [0.4, 0.5) is 0 Å². The largest absolute Gasteiger partial charge is 0.469 e. The summed E-state index contributed by atoms with van der Waals surface area (Å²) >= 11 is 0. The zero-order valence-electron chi connectivity index (χ0n) is 11.4. The Morgan fingerprint density at radius 1 is 1.35 bits per heavy atom. The Morgan fingerprint density at radius 2 is 2.10 bits per heavy atom. The molecule has 0 aromatic heterocycles. The number of methoxy groups -OCH3 is 1. The fraction of sp³-hybridized carbons (Fsp3) is 0.375. The molecule has 1 saturated heterocycles. The third-order valence-corrected chi connectivity index (χ3v) is 4.15. The Hall–Kier alpha value is -1.94. The van der Waals surface area contributed by atoms with Crippen LogP contribution in [0.3, 0.4) is 0 Å². The van der Waals surface area contributed by atoms with Gasteiger partial charge >= 0.3 is 5.97 Å². The van der Waals surface area contributed by atoms with E-state index in [9.17, 15) is 9.59 Å². The van der Waals surface area contributed by atoms with Gasteiger partial charge in [0, 0.05) is 12.6 Å². The summed E-state index contributed by atoms with van der Waals surface area (Å²) < 4.78 is 4.84. The first-order chi connectivity index (χ1) is 9.70. The van der Waals surface area contributed by atoms with Gasteiger partial charge in [0.1, 0.15) is 0 Å². The molecule has 2 aliphatic heterocycles. The highest BCUT2D eigenvalue weighted by molar-refractivity contribution is 5.99. The molecule has 0 aliphatic carbocycles. The molecule has 4 nitrogen and oxygen atoms in total. The van der Waals surface area contributed by atoms with E-state index in [1.807, 2.05) is 36.4 Å². The number of esters is 1. The van der Waals surface area contributed by atoms with E-state index >= 15 is 0 Å². The fourth-order valence-electron chi connectivity index (χ4n) is 3.20. The van der Waals surface area contributed by atoms with Crippen LogP contribution < -0.4 is 0 Å². The van der Waals surface area contributed by atoms with Crippen LogP contribution in [0.5, 0.6) is 0 Å². The number of rotatable bonds is 3. The molecule has 1 aromatic carbocycles. The zero-order chi connectivity index (χ0) is 14.1. The van der Waals surface area contributed by atoms with Gasteiger partial charge in [-0.1, -0.05) is 36.4 Å². The highest BCUT2D eigenvalue weighted by atomic mass is 16.5. The number of carbonyl (C=O) groups is 2. The SMILES string of the molecule is COC(=O)[C@@H]1C[C@H]2C=CC(=O)[C@@H]1N2Cc1ccccc1. The lowest BCUT2D eigenvalue weighted by molar-refractivity contribution is -0.148. The topological polar surface area (TPSA) is 46.6 Å². The molecule has 0 amide bonds. The van der Waals surface area contributed by atoms with Crippen LogP contribution >= 0.6 is 0 Å². The lowest BCUT2D eigenvalue weighted by Crippen LogP contribution is -2.45. The molecule has 2 heterocycles. The molecule has 0 N–H and O–H groups in total. The van der Waals surface area contributed by atoms with E-state index in [1.165, 1.54) is 7.11 Å². The highest BCUT2D eigenvalue weighted by Gasteiger charge is 2.49. The second kappa shape index (κ2) is 5.21. The maximum atomic E-state index is 12.1. The van der Waals surface area contributed by atoms with E-state index in [2.05, 4.69) is 4.90 Å². The van der Waals surface area contributed by atoms with Gasteiger partial charge in [0.15, 0.2) is 5.78 Å². The van der Waals surface area contributed by atoms with Gasteiger partial charge < -0.3 is 4.74 Å². The van der Waals surface area contributed by atoms with E-state index < -0.39 is 0 Å². The predicted molar refractivity (Wildman–Crippen MR) is 73.8 cm³/mol. The van der Waals surface area contributed by atoms with Crippen LogP contribution in [0.2, 0.25) is 0 Å². The van der Waals surface area contributed by atoms with Crippen molar-refractivity contribution in [1.82, 2.24) is 4.90 Å². The molecule has 0 saturated carbocycles. The molecule has 104 valence electrons. The average molecular weight is 271 g/mol. The number of nitrogens with zero attached hydrogens (tertiary/aromatic N) is 1. The van der Waals surface area contributed by atoms with Crippen molar-refractivity contribution in [3.05, 3.63) is 48.0 Å². The van der Waals surface area contributed by atoms with Crippen LogP contribution in [-0.2, 0) is 20.9 Å². The maximum absolute atomic E-state index is 12.1. The summed E-state index contributed by atoms with van der Waals surface area (Å²) in [5.41, 5.74) is 1.15. The van der Waals surface area contributed by atoms with Crippen LogP contribution in [0.1, 0.15) is 12.0 Å². The van der Waals surface area contributed by atoms with Gasteiger partial charge in [0.05, 0.1) is 19.1 Å². The molecule has 2 aliphatic rings. The smallest absolute Gasteiger partial charge is 0.310 e. The van der Waals surface area contributed by atoms with Crippen molar-refractivity contribution < 1.29 is 14.3 Å². The molecule has 0 spiro atoms. The lowest BCUT2D eigenvalue weighted by atomic mass is 9.97. The quantitative estimate of drug-likeness (QED) is 0.783. The van der Waals surface area contributed by atoms with Crippen LogP contribution in [-0.4, -0.2) is 35.8 Å². The van der Waals surface area contributed by atoms with Crippen LogP contribution in [0, 0.1) is 5.92 Å². The van der Waals surface area contributed by atoms with Crippen LogP contribution in [0.25, 0.3) is 0 Å². The van der Waals surface area contributed by atoms with Crippen molar-refractivity contribution in [3.8, 4) is 0 Å². The minimum Gasteiger partial charge on any atom is -0.469 e. The Labute approximate surface area is 118 Å². The van der Waals surface area contributed by atoms with E-state index in [4.69, 9.17) is 4.74 Å². The summed E-state index contributed by atoms with van der Waals surface area (Å²) in [7, 11) is 1.38. The second-order valence-electron chi connectivity index (χ2n) is 5.30. The molecule has 2 bridgehead atoms. The molecule has 3 atom stereocenters. The molecule has 1 aromatic rings. The number of ether oxygens (including phenoxy) is 1. The maximum Gasteiger partial charge on any atom is 0.310 e. The second-order valence-corrected chi connectivity index (χ2v) is 5.30. The molecule has 20 heavy (non-hydrogen) atoms. The number of benzene rings is 1. The standard InChI is InChI=1S/C16H17NO3/c1-20-16(19)13-9-12-7-8-14(18)15(13)17(12)10-11-5-3-2-4-6-11/h2-8,12-13,15H,9-10H2,1H3/t12-,13-,15-/m1/s1. The van der Waals surface area contributed by atoms with Gasteiger partial charge in [0.2, 0.25) is 0 Å². The van der Waals surface area contributed by atoms with E-state index in [1.54, 1.807) is 6.08 Å². The van der Waals surface area contributed by atoms with Crippen molar-refractivity contribution in [1.29, 1.82) is 0 Å². The Bertz CT molecular complexity index is 552. The number of hydrogen-bond donors (Lipinski definition) is 0. The Balaban J connectivity index is 1.86. The zero-order valence-corrected chi connectivity index (χ0v) is 11.4. The monoisotopic (exact) mass is 271 g/mol. The molecular weight excluding hydrogens is 254 g/mol. The highest BCUT2D eigenvalue weighted by Crippen LogP contribution is 2.36. The number of ketones is 1. The summed E-state index contributed by atoms with van der Waals surface area (Å²) in [5, 5.41) is 0. The van der Waals surface area contributed by atoms with Crippen molar-refractivity contribution in [2.75, 3.05) is 7.11 Å². The third-order valence-electron chi connectivity index (χ3n) is 4.15. The molecule has 4 heteroatoms. The number of hydrogen-bond acceptors (Lipinski definition) is 4. The van der Waals surface area contributed by atoms with E-state index in [-0.39, 0.29) is 29.8 Å². The van der Waals surface area contributed by atoms with Gasteiger partial charge in [-0.25, -0.2) is 0 Å². The molecule has 3 rings (SSSR count). The lowest BCUT2D eigenvalue weighted by Gasteiger charge is -2.31. The van der Waals surface area contributed by atoms with Crippen molar-refractivity contribution >= 4 is 11.8 Å². The average Bonchev–Trinajstić information content (AvgIpc) is 2.73. The first-order valence-corrected chi connectivity index (χ1v) is 6.80. The number of carbonyl (C=O) groups excluding carboxylic acids is 2. The number of fused-ring (bicyclic) bond motifs is 2. The van der Waals surface area contributed by atoms with Gasteiger partial charge in [-0.05, 0) is 18.1 Å². The van der Waals surface area contributed by atoms with Gasteiger partial charge in [-0.2, -0.15) is 0 Å². The van der Waals surface area contributed by atoms with Crippen molar-refractivity contribution in [2.45, 2.75) is 25.0 Å². The summed E-state index contributed by atoms with van der Waals surface area (Å²) in [4.78, 5) is 26.1. The molecule has 1 fully saturated rings. The Kier molecular flexibility index (Phi) is 3.40. The van der Waals surface area contributed by atoms with Crippen molar-refractivity contribution in [2.24, 2.45) is 5.92 Å². The fourth-order valence-corrected chi connectivity index (χ4v) is 3.20. The van der Waals surface area contributed by atoms with Crippen LogP contribution in [0.15, 0.2) is 42.5 Å². The minimum atomic E-state index is -0.377. The summed E-state index contributed by atoms with van der Waals surface area (Å²) in [6, 6.07) is 9.77. The van der Waals surface area contributed by atoms with Crippen molar-refractivity contribution in [3.63, 3.8) is 0 Å². The third kappa shape index (κ3) is 2.16. The van der Waals surface area contributed by atoms with Gasteiger partial charge in [-0.3, -0.25) is 14.5 Å². The first-order valence-electron chi connectivity index (χ1n) is 6.80.